The summed E-state index contributed by atoms with van der Waals surface area (Å²) in [5.41, 5.74) is 2.10. The molecule has 0 saturated heterocycles. The summed E-state index contributed by atoms with van der Waals surface area (Å²) in [6.07, 6.45) is 0. The molecule has 0 bridgehead atoms. The Morgan fingerprint density at radius 2 is 1.81 bits per heavy atom. The summed E-state index contributed by atoms with van der Waals surface area (Å²) < 4.78 is 14.3. The number of para-hydroxylation sites is 1. The highest BCUT2D eigenvalue weighted by atomic mass is 35.5. The molecule has 0 radical (unpaired) electrons. The lowest BCUT2D eigenvalue weighted by atomic mass is 10.2. The van der Waals surface area contributed by atoms with Crippen LogP contribution in [-0.4, -0.2) is 20.5 Å². The average Bonchev–Trinajstić information content (AvgIpc) is 2.76. The largest absolute Gasteiger partial charge is 0.288 e. The van der Waals surface area contributed by atoms with Crippen molar-refractivity contribution in [2.75, 3.05) is 5.43 Å². The van der Waals surface area contributed by atoms with Gasteiger partial charge < -0.3 is 0 Å². The fourth-order valence-electron chi connectivity index (χ4n) is 2.99. The third kappa shape index (κ3) is 3.86. The Hall–Kier alpha value is -4.11. The van der Waals surface area contributed by atoms with Crippen molar-refractivity contribution in [2.24, 2.45) is 0 Å². The molecule has 0 spiro atoms. The molecule has 0 fully saturated rings. The fourth-order valence-corrected chi connectivity index (χ4v) is 3.18. The number of aromatic nitrogens is 2. The van der Waals surface area contributed by atoms with Crippen molar-refractivity contribution in [3.8, 4) is 11.4 Å². The maximum atomic E-state index is 13.4. The van der Waals surface area contributed by atoms with Crippen molar-refractivity contribution in [3.05, 3.63) is 104 Å². The quantitative estimate of drug-likeness (QED) is 0.380. The van der Waals surface area contributed by atoms with Gasteiger partial charge in [0, 0.05) is 17.2 Å². The fraction of sp³-hybridized carbons (Fsp3) is 0. The van der Waals surface area contributed by atoms with E-state index in [0.717, 1.165) is 10.7 Å². The molecule has 8 nitrogen and oxygen atoms in total. The Morgan fingerprint density at radius 1 is 1.10 bits per heavy atom. The van der Waals surface area contributed by atoms with Gasteiger partial charge in [-0.2, -0.15) is 4.68 Å². The van der Waals surface area contributed by atoms with Crippen molar-refractivity contribution in [1.82, 2.24) is 9.66 Å². The van der Waals surface area contributed by atoms with Crippen LogP contribution in [0.15, 0.2) is 71.5 Å². The van der Waals surface area contributed by atoms with Crippen molar-refractivity contribution in [2.45, 2.75) is 0 Å². The van der Waals surface area contributed by atoms with E-state index in [9.17, 15) is 24.1 Å². The minimum Gasteiger partial charge on any atom is -0.267 e. The first kappa shape index (κ1) is 20.2. The smallest absolute Gasteiger partial charge is 0.267 e. The lowest BCUT2D eigenvalue weighted by Gasteiger charge is -2.15. The van der Waals surface area contributed by atoms with Gasteiger partial charge in [0.2, 0.25) is 0 Å². The number of amides is 1. The van der Waals surface area contributed by atoms with Gasteiger partial charge in [0.25, 0.3) is 17.2 Å². The van der Waals surface area contributed by atoms with E-state index < -0.39 is 27.9 Å². The number of nitro groups is 1. The SMILES string of the molecule is O=C(Nn1c(-c2ccc(F)cc2)nc2ccccc2c1=O)c1ccc(Cl)c([N+](=O)[O-])c1. The number of fused-ring (bicyclic) bond motifs is 1. The first-order chi connectivity index (χ1) is 14.8. The molecule has 0 aliphatic carbocycles. The van der Waals surface area contributed by atoms with E-state index in [1.54, 1.807) is 24.3 Å². The predicted octanol–water partition coefficient (Wildman–Crippen LogP) is 4.15. The van der Waals surface area contributed by atoms with Crippen LogP contribution in [0.3, 0.4) is 0 Å². The van der Waals surface area contributed by atoms with Gasteiger partial charge in [0.05, 0.1) is 15.8 Å². The number of hydrogen-bond acceptors (Lipinski definition) is 5. The van der Waals surface area contributed by atoms with Crippen LogP contribution in [0.25, 0.3) is 22.3 Å². The summed E-state index contributed by atoms with van der Waals surface area (Å²) in [6.45, 7) is 0. The second-order valence-corrected chi connectivity index (χ2v) is 6.87. The van der Waals surface area contributed by atoms with E-state index >= 15 is 0 Å². The van der Waals surface area contributed by atoms with E-state index in [1.165, 1.54) is 36.4 Å². The lowest BCUT2D eigenvalue weighted by Crippen LogP contribution is -2.35. The van der Waals surface area contributed by atoms with Crippen molar-refractivity contribution < 1.29 is 14.1 Å². The zero-order valence-corrected chi connectivity index (χ0v) is 16.3. The number of benzene rings is 3. The van der Waals surface area contributed by atoms with Crippen LogP contribution in [-0.2, 0) is 0 Å². The Balaban J connectivity index is 1.85. The maximum absolute atomic E-state index is 13.4. The molecule has 4 rings (SSSR count). The highest BCUT2D eigenvalue weighted by molar-refractivity contribution is 6.32. The Morgan fingerprint density at radius 3 is 2.52 bits per heavy atom. The molecular weight excluding hydrogens is 427 g/mol. The molecule has 0 aliphatic rings. The summed E-state index contributed by atoms with van der Waals surface area (Å²) in [4.78, 5) is 40.7. The van der Waals surface area contributed by atoms with Crippen LogP contribution in [0.5, 0.6) is 0 Å². The molecule has 0 unspecified atom stereocenters. The molecule has 1 heterocycles. The molecule has 10 heteroatoms. The monoisotopic (exact) mass is 438 g/mol. The number of nitrogens with zero attached hydrogens (tertiary/aromatic N) is 3. The highest BCUT2D eigenvalue weighted by Gasteiger charge is 2.19. The van der Waals surface area contributed by atoms with Crippen molar-refractivity contribution in [3.63, 3.8) is 0 Å². The Kier molecular flexibility index (Phi) is 5.18. The van der Waals surface area contributed by atoms with Gasteiger partial charge in [-0.3, -0.25) is 25.1 Å². The van der Waals surface area contributed by atoms with Crippen LogP contribution in [0.2, 0.25) is 5.02 Å². The number of nitrogens with one attached hydrogen (secondary N) is 1. The van der Waals surface area contributed by atoms with E-state index in [-0.39, 0.29) is 21.8 Å². The van der Waals surface area contributed by atoms with Crippen LogP contribution >= 0.6 is 11.6 Å². The molecule has 154 valence electrons. The van der Waals surface area contributed by atoms with Gasteiger partial charge in [-0.05, 0) is 48.5 Å². The number of halogens is 2. The predicted molar refractivity (Wildman–Crippen MR) is 113 cm³/mol. The standard InChI is InChI=1S/C21H12ClFN4O4/c22-16-10-7-13(11-18(16)27(30)31)20(28)25-26-19(12-5-8-14(23)9-6-12)24-17-4-2-1-3-15(17)21(26)29/h1-11H,(H,25,28). The molecular formula is C21H12ClFN4O4. The van der Waals surface area contributed by atoms with Crippen molar-refractivity contribution in [1.29, 1.82) is 0 Å². The highest BCUT2D eigenvalue weighted by Crippen LogP contribution is 2.25. The zero-order valence-electron chi connectivity index (χ0n) is 15.6. The summed E-state index contributed by atoms with van der Waals surface area (Å²) in [5.74, 6) is -1.20. The number of carbonyl (C=O) groups excluding carboxylic acids is 1. The molecule has 0 aliphatic heterocycles. The lowest BCUT2D eigenvalue weighted by molar-refractivity contribution is -0.384. The maximum Gasteiger partial charge on any atom is 0.288 e. The van der Waals surface area contributed by atoms with Gasteiger partial charge in [-0.25, -0.2) is 9.37 Å². The summed E-state index contributed by atoms with van der Waals surface area (Å²) in [7, 11) is 0. The van der Waals surface area contributed by atoms with Crippen LogP contribution in [0.1, 0.15) is 10.4 Å². The molecule has 3 aromatic carbocycles. The Bertz CT molecular complexity index is 1400. The number of nitro benzene ring substituents is 1. The topological polar surface area (TPSA) is 107 Å². The van der Waals surface area contributed by atoms with Crippen LogP contribution in [0.4, 0.5) is 10.1 Å². The van der Waals surface area contributed by atoms with Gasteiger partial charge >= 0.3 is 0 Å². The first-order valence-corrected chi connectivity index (χ1v) is 9.26. The van der Waals surface area contributed by atoms with Crippen LogP contribution < -0.4 is 11.0 Å². The average molecular weight is 439 g/mol. The van der Waals surface area contributed by atoms with Gasteiger partial charge in [-0.15, -0.1) is 0 Å². The van der Waals surface area contributed by atoms with Gasteiger partial charge in [-0.1, -0.05) is 23.7 Å². The second kappa shape index (κ2) is 7.96. The number of hydrogen-bond donors (Lipinski definition) is 1. The molecule has 0 atom stereocenters. The third-order valence-electron chi connectivity index (χ3n) is 4.50. The van der Waals surface area contributed by atoms with Gasteiger partial charge in [0.1, 0.15) is 10.8 Å². The Labute approximate surface area is 178 Å². The summed E-state index contributed by atoms with van der Waals surface area (Å²) in [5, 5.41) is 11.2. The van der Waals surface area contributed by atoms with E-state index in [0.29, 0.717) is 11.1 Å². The molecule has 1 N–H and O–H groups in total. The number of rotatable bonds is 4. The summed E-state index contributed by atoms with van der Waals surface area (Å²) >= 11 is 5.80. The minimum absolute atomic E-state index is 0.0699. The molecule has 1 amide bonds. The van der Waals surface area contributed by atoms with E-state index in [2.05, 4.69) is 10.4 Å². The molecule has 31 heavy (non-hydrogen) atoms. The van der Waals surface area contributed by atoms with Crippen molar-refractivity contribution >= 4 is 34.1 Å². The van der Waals surface area contributed by atoms with Crippen LogP contribution in [0, 0.1) is 15.9 Å². The second-order valence-electron chi connectivity index (χ2n) is 6.46. The molecule has 4 aromatic rings. The van der Waals surface area contributed by atoms with E-state index in [1.807, 2.05) is 0 Å². The first-order valence-electron chi connectivity index (χ1n) is 8.88. The normalized spacial score (nSPS) is 10.8. The minimum atomic E-state index is -0.790. The van der Waals surface area contributed by atoms with Gasteiger partial charge in [0.15, 0.2) is 5.82 Å². The zero-order chi connectivity index (χ0) is 22.1. The van der Waals surface area contributed by atoms with E-state index in [4.69, 9.17) is 11.6 Å². The number of carbonyl (C=O) groups is 1. The molecule has 0 saturated carbocycles. The third-order valence-corrected chi connectivity index (χ3v) is 4.82. The molecule has 1 aromatic heterocycles. The summed E-state index contributed by atoms with van der Waals surface area (Å²) in [6, 6.07) is 15.3.